The van der Waals surface area contributed by atoms with E-state index in [-0.39, 0.29) is 65.5 Å². The topological polar surface area (TPSA) is 109 Å². The maximum atomic E-state index is 13.5. The lowest BCUT2D eigenvalue weighted by Crippen LogP contribution is -2.42. The minimum atomic E-state index is -1.01. The highest BCUT2D eigenvalue weighted by molar-refractivity contribution is 8.00. The number of imide groups is 1. The van der Waals surface area contributed by atoms with Gasteiger partial charge in [-0.05, 0) is 60.0 Å². The normalized spacial score (nSPS) is 30.9. The number of carboxylic acid groups (broad SMARTS) is 1. The number of amides is 2. The second-order valence-electron chi connectivity index (χ2n) is 11.0. The first-order chi connectivity index (χ1) is 18.2. The number of hydrogen-bond donors (Lipinski definition) is 2. The number of benzene rings is 1. The molecule has 2 amide bonds. The first kappa shape index (κ1) is 25.9. The number of rotatable bonds is 8. The quantitative estimate of drug-likeness (QED) is 0.342. The van der Waals surface area contributed by atoms with Crippen LogP contribution < -0.4 is 9.47 Å². The molecule has 6 rings (SSSR count). The van der Waals surface area contributed by atoms with Crippen LogP contribution in [0.1, 0.15) is 43.0 Å². The van der Waals surface area contributed by atoms with E-state index in [4.69, 9.17) is 26.8 Å². The van der Waals surface area contributed by atoms with Crippen LogP contribution in [0.2, 0.25) is 0 Å². The van der Waals surface area contributed by atoms with Crippen molar-refractivity contribution in [3.63, 3.8) is 0 Å². The minimum Gasteiger partial charge on any atom is -0.493 e. The Labute approximate surface area is 234 Å². The number of carboxylic acids is 1. The molecule has 2 aliphatic carbocycles. The van der Waals surface area contributed by atoms with Crippen LogP contribution in [0.3, 0.4) is 0 Å². The molecule has 1 saturated heterocycles. The molecule has 4 aliphatic rings. The van der Waals surface area contributed by atoms with Crippen LogP contribution in [0.5, 0.6) is 11.5 Å². The molecule has 2 saturated carbocycles. The predicted octanol–water partition coefficient (Wildman–Crippen LogP) is 4.80. The van der Waals surface area contributed by atoms with Gasteiger partial charge in [0.05, 0.1) is 37.0 Å². The zero-order chi connectivity index (χ0) is 26.9. The lowest BCUT2D eigenvalue weighted by atomic mass is 9.68. The number of ether oxygens (including phenoxy) is 2. The molecule has 38 heavy (non-hydrogen) atoms. The monoisotopic (exact) mass is 574 g/mol. The molecule has 2 aromatic rings. The highest BCUT2D eigenvalue weighted by atomic mass is 32.2. The maximum absolute atomic E-state index is 13.5. The van der Waals surface area contributed by atoms with E-state index in [1.54, 1.807) is 30.2 Å². The van der Waals surface area contributed by atoms with E-state index < -0.39 is 5.97 Å². The Morgan fingerprint density at radius 2 is 1.95 bits per heavy atom. The van der Waals surface area contributed by atoms with Crippen molar-refractivity contribution >= 4 is 53.1 Å². The lowest BCUT2D eigenvalue weighted by Gasteiger charge is -2.43. The summed E-state index contributed by atoms with van der Waals surface area (Å²) in [6, 6.07) is 6.10. The van der Waals surface area contributed by atoms with Crippen LogP contribution in [0, 0.1) is 39.5 Å². The number of nitrogens with zero attached hydrogens (tertiary/aromatic N) is 1. The summed E-state index contributed by atoms with van der Waals surface area (Å²) in [6.45, 7) is 4.73. The number of nitrogens with one attached hydrogen (secondary N) is 1. The summed E-state index contributed by atoms with van der Waals surface area (Å²) >= 11 is 8.88. The molecule has 2 bridgehead atoms. The van der Waals surface area contributed by atoms with Crippen LogP contribution in [0.15, 0.2) is 23.2 Å². The Bertz CT molecular complexity index is 1370. The van der Waals surface area contributed by atoms with E-state index in [0.29, 0.717) is 24.0 Å². The van der Waals surface area contributed by atoms with Crippen LogP contribution >= 0.6 is 35.3 Å². The van der Waals surface area contributed by atoms with Gasteiger partial charge in [0, 0.05) is 22.6 Å². The fourth-order valence-corrected chi connectivity index (χ4v) is 10.5. The van der Waals surface area contributed by atoms with Crippen LogP contribution in [-0.4, -0.2) is 58.3 Å². The first-order valence-corrected chi connectivity index (χ1v) is 15.1. The van der Waals surface area contributed by atoms with Gasteiger partial charge in [-0.25, -0.2) is 0 Å². The van der Waals surface area contributed by atoms with Gasteiger partial charge in [0.2, 0.25) is 11.8 Å². The minimum absolute atomic E-state index is 0.00849. The molecule has 2 aliphatic heterocycles. The van der Waals surface area contributed by atoms with Crippen molar-refractivity contribution < 1.29 is 29.0 Å². The van der Waals surface area contributed by atoms with Crippen molar-refractivity contribution in [2.75, 3.05) is 20.3 Å². The third-order valence-electron chi connectivity index (χ3n) is 8.48. The number of hydrogen-bond acceptors (Lipinski definition) is 8. The van der Waals surface area contributed by atoms with Gasteiger partial charge in [0.1, 0.15) is 0 Å². The molecular formula is C27H30N2O6S3. The number of carbonyl (C=O) groups excluding carboxylic acids is 2. The fourth-order valence-electron chi connectivity index (χ4n) is 7.13. The number of aromatic amines is 1. The Kier molecular flexibility index (Phi) is 6.59. The number of aromatic nitrogens is 1. The summed E-state index contributed by atoms with van der Waals surface area (Å²) in [5.74, 6) is -0.102. The average Bonchev–Trinajstić information content (AvgIpc) is 3.60. The van der Waals surface area contributed by atoms with Gasteiger partial charge in [0.25, 0.3) is 0 Å². The molecule has 11 heteroatoms. The van der Waals surface area contributed by atoms with Crippen molar-refractivity contribution in [1.29, 1.82) is 0 Å². The molecule has 3 heterocycles. The molecule has 1 aromatic carbocycles. The summed E-state index contributed by atoms with van der Waals surface area (Å²) in [7, 11) is 1.64. The maximum Gasteiger partial charge on any atom is 0.305 e. The average molecular weight is 575 g/mol. The van der Waals surface area contributed by atoms with Gasteiger partial charge in [-0.15, -0.1) is 23.1 Å². The smallest absolute Gasteiger partial charge is 0.305 e. The second-order valence-corrected chi connectivity index (χ2v) is 14.0. The number of fused-ring (bicyclic) bond motifs is 9. The van der Waals surface area contributed by atoms with Crippen LogP contribution in [0.4, 0.5) is 0 Å². The Hall–Kier alpha value is -2.37. The van der Waals surface area contributed by atoms with Crippen molar-refractivity contribution in [3.8, 4) is 11.5 Å². The largest absolute Gasteiger partial charge is 0.493 e. The highest BCUT2D eigenvalue weighted by Crippen LogP contribution is 2.69. The van der Waals surface area contributed by atoms with Gasteiger partial charge >= 0.3 is 5.97 Å². The van der Waals surface area contributed by atoms with Gasteiger partial charge in [0.15, 0.2) is 15.5 Å². The summed E-state index contributed by atoms with van der Waals surface area (Å²) in [4.78, 5) is 43.8. The molecule has 1 aromatic heterocycles. The van der Waals surface area contributed by atoms with Crippen molar-refractivity contribution in [2.24, 2.45) is 35.5 Å². The number of likely N-dealkylation sites (tertiary alicyclic amines) is 1. The molecule has 7 atom stereocenters. The summed E-state index contributed by atoms with van der Waals surface area (Å²) in [5, 5.41) is 10.3. The van der Waals surface area contributed by atoms with Crippen molar-refractivity contribution in [2.45, 2.75) is 42.9 Å². The number of methoxy groups -OCH3 is 1. The third-order valence-corrected chi connectivity index (χ3v) is 11.4. The van der Waals surface area contributed by atoms with Gasteiger partial charge < -0.3 is 19.6 Å². The molecule has 202 valence electrons. The Balaban J connectivity index is 1.38. The van der Waals surface area contributed by atoms with Gasteiger partial charge in [-0.3, -0.25) is 19.3 Å². The zero-order valence-electron chi connectivity index (χ0n) is 21.3. The van der Waals surface area contributed by atoms with Gasteiger partial charge in [-0.2, -0.15) is 0 Å². The van der Waals surface area contributed by atoms with E-state index in [1.807, 2.05) is 12.1 Å². The first-order valence-electron chi connectivity index (χ1n) is 13.0. The Morgan fingerprint density at radius 1 is 1.21 bits per heavy atom. The van der Waals surface area contributed by atoms with E-state index in [0.717, 1.165) is 21.0 Å². The third kappa shape index (κ3) is 4.00. The number of carbonyl (C=O) groups is 3. The zero-order valence-corrected chi connectivity index (χ0v) is 23.8. The number of H-pyrrole nitrogens is 1. The molecule has 0 spiro atoms. The lowest BCUT2D eigenvalue weighted by molar-refractivity contribution is -0.142. The molecule has 3 fully saturated rings. The SMILES string of the molecule is COc1cc(C2c3sc(=S)[nH]c3SC3C4CC(C5C(=O)N(CCC(=O)O)C(=O)C45)C23)ccc1OCC(C)C. The predicted molar refractivity (Wildman–Crippen MR) is 145 cm³/mol. The number of thioether (sulfide) groups is 1. The molecule has 2 N–H and O–H groups in total. The van der Waals surface area contributed by atoms with E-state index >= 15 is 0 Å². The van der Waals surface area contributed by atoms with Crippen LogP contribution in [0.25, 0.3) is 0 Å². The second kappa shape index (κ2) is 9.67. The van der Waals surface area contributed by atoms with Crippen LogP contribution in [-0.2, 0) is 14.4 Å². The highest BCUT2D eigenvalue weighted by Gasteiger charge is 2.69. The van der Waals surface area contributed by atoms with Crippen molar-refractivity contribution in [1.82, 2.24) is 9.88 Å². The van der Waals surface area contributed by atoms with E-state index in [9.17, 15) is 14.4 Å². The molecule has 8 nitrogen and oxygen atoms in total. The fraction of sp³-hybridized carbons (Fsp3) is 0.556. The van der Waals surface area contributed by atoms with E-state index in [1.165, 1.54) is 9.78 Å². The number of aliphatic carboxylic acids is 1. The molecule has 7 unspecified atom stereocenters. The van der Waals surface area contributed by atoms with E-state index in [2.05, 4.69) is 24.9 Å². The molecular weight excluding hydrogens is 545 g/mol. The summed E-state index contributed by atoms with van der Waals surface area (Å²) < 4.78 is 12.4. The summed E-state index contributed by atoms with van der Waals surface area (Å²) in [5.41, 5.74) is 1.09. The molecule has 0 radical (unpaired) electrons. The number of thiazole rings is 1. The summed E-state index contributed by atoms with van der Waals surface area (Å²) in [6.07, 6.45) is 0.607. The Morgan fingerprint density at radius 3 is 2.63 bits per heavy atom. The van der Waals surface area contributed by atoms with Gasteiger partial charge in [-0.1, -0.05) is 19.9 Å². The van der Waals surface area contributed by atoms with Crippen molar-refractivity contribution in [3.05, 3.63) is 32.6 Å². The standard InChI is InChI=1S/C27H30N2O6S3/c1-11(2)10-35-15-5-4-12(8-16(15)34-3)18-19-13-9-14(22(19)37-24-23(18)38-27(36)28-24)21-20(13)25(32)29(26(21)33)7-6-17(30)31/h4-5,8,11,13-14,18-22H,6-7,9-10H2,1-3H3,(H,28,36)(H,30,31).